The van der Waals surface area contributed by atoms with E-state index in [2.05, 4.69) is 5.32 Å². The molecule has 0 fully saturated rings. The van der Waals surface area contributed by atoms with Crippen LogP contribution in [0.4, 0.5) is 5.69 Å². The van der Waals surface area contributed by atoms with E-state index in [9.17, 15) is 9.59 Å². The van der Waals surface area contributed by atoms with Crippen molar-refractivity contribution >= 4 is 17.6 Å². The summed E-state index contributed by atoms with van der Waals surface area (Å²) in [7, 11) is 0. The van der Waals surface area contributed by atoms with Gasteiger partial charge in [0.15, 0.2) is 0 Å². The minimum absolute atomic E-state index is 0.0740. The van der Waals surface area contributed by atoms with Gasteiger partial charge in [0.2, 0.25) is 5.91 Å². The quantitative estimate of drug-likeness (QED) is 0.728. The highest BCUT2D eigenvalue weighted by Gasteiger charge is 2.13. The largest absolute Gasteiger partial charge is 0.494 e. The molecule has 2 aromatic carbocycles. The Morgan fingerprint density at radius 3 is 2.60 bits per heavy atom. The molecule has 1 atom stereocenters. The van der Waals surface area contributed by atoms with Gasteiger partial charge in [-0.05, 0) is 42.7 Å². The third-order valence-corrected chi connectivity index (χ3v) is 3.83. The van der Waals surface area contributed by atoms with Crippen molar-refractivity contribution in [1.29, 1.82) is 0 Å². The Bertz CT molecular complexity index is 700. The number of carbonyl (C=O) groups excluding carboxylic acids is 1. The van der Waals surface area contributed by atoms with Crippen LogP contribution >= 0.6 is 0 Å². The lowest BCUT2D eigenvalue weighted by Gasteiger charge is -2.13. The molecule has 2 aromatic rings. The second-order valence-corrected chi connectivity index (χ2v) is 5.93. The monoisotopic (exact) mass is 341 g/mol. The third-order valence-electron chi connectivity index (χ3n) is 3.83. The van der Waals surface area contributed by atoms with Gasteiger partial charge in [0.25, 0.3) is 0 Å². The first-order valence-electron chi connectivity index (χ1n) is 8.34. The predicted molar refractivity (Wildman–Crippen MR) is 96.7 cm³/mol. The smallest absolute Gasteiger partial charge is 0.303 e. The summed E-state index contributed by atoms with van der Waals surface area (Å²) < 4.78 is 5.61. The fourth-order valence-electron chi connectivity index (χ4n) is 2.32. The Labute approximate surface area is 147 Å². The number of benzene rings is 2. The van der Waals surface area contributed by atoms with E-state index in [0.717, 1.165) is 11.3 Å². The number of carboxylic acid groups (broad SMARTS) is 1. The maximum Gasteiger partial charge on any atom is 0.303 e. The minimum atomic E-state index is -0.832. The van der Waals surface area contributed by atoms with Gasteiger partial charge in [0, 0.05) is 18.0 Å². The van der Waals surface area contributed by atoms with Crippen LogP contribution in [0.1, 0.15) is 25.3 Å². The molecule has 2 rings (SSSR count). The average molecular weight is 341 g/mol. The minimum Gasteiger partial charge on any atom is -0.494 e. The lowest BCUT2D eigenvalue weighted by Crippen LogP contribution is -2.22. The topological polar surface area (TPSA) is 75.6 Å². The van der Waals surface area contributed by atoms with E-state index in [0.29, 0.717) is 25.1 Å². The Morgan fingerprint density at radius 2 is 1.88 bits per heavy atom. The molecule has 1 amide bonds. The second kappa shape index (κ2) is 9.47. The number of carboxylic acids is 1. The molecule has 0 bridgehead atoms. The summed E-state index contributed by atoms with van der Waals surface area (Å²) in [5.74, 6) is -0.304. The first-order valence-corrected chi connectivity index (χ1v) is 8.34. The van der Waals surface area contributed by atoms with Crippen LogP contribution in [0.5, 0.6) is 5.75 Å². The molecule has 25 heavy (non-hydrogen) atoms. The van der Waals surface area contributed by atoms with E-state index in [1.807, 2.05) is 55.5 Å². The van der Waals surface area contributed by atoms with Gasteiger partial charge in [-0.15, -0.1) is 0 Å². The SMILES string of the molecule is CC(CCOc1ccccc1)C(=O)Nc1cccc(CCC(=O)O)c1. The van der Waals surface area contributed by atoms with Crippen molar-refractivity contribution in [2.75, 3.05) is 11.9 Å². The van der Waals surface area contributed by atoms with Crippen molar-refractivity contribution < 1.29 is 19.4 Å². The number of amides is 1. The summed E-state index contributed by atoms with van der Waals surface area (Å²) in [5.41, 5.74) is 1.57. The zero-order valence-corrected chi connectivity index (χ0v) is 14.3. The van der Waals surface area contributed by atoms with Gasteiger partial charge in [0.05, 0.1) is 6.61 Å². The molecule has 0 aliphatic carbocycles. The average Bonchev–Trinajstić information content (AvgIpc) is 2.61. The number of aliphatic carboxylic acids is 1. The molecule has 5 nitrogen and oxygen atoms in total. The number of nitrogens with one attached hydrogen (secondary N) is 1. The number of anilines is 1. The fraction of sp³-hybridized carbons (Fsp3) is 0.300. The number of carbonyl (C=O) groups is 2. The lowest BCUT2D eigenvalue weighted by molar-refractivity contribution is -0.137. The van der Waals surface area contributed by atoms with E-state index in [1.165, 1.54) is 0 Å². The first-order chi connectivity index (χ1) is 12.0. The van der Waals surface area contributed by atoms with Crippen LogP contribution in [0.3, 0.4) is 0 Å². The summed E-state index contributed by atoms with van der Waals surface area (Å²) in [6, 6.07) is 16.8. The van der Waals surface area contributed by atoms with Crippen LogP contribution in [0, 0.1) is 5.92 Å². The van der Waals surface area contributed by atoms with E-state index < -0.39 is 5.97 Å². The van der Waals surface area contributed by atoms with Crippen LogP contribution in [0.25, 0.3) is 0 Å². The van der Waals surface area contributed by atoms with Crippen LogP contribution in [-0.2, 0) is 16.0 Å². The van der Waals surface area contributed by atoms with Gasteiger partial charge < -0.3 is 15.2 Å². The van der Waals surface area contributed by atoms with Crippen LogP contribution < -0.4 is 10.1 Å². The van der Waals surface area contributed by atoms with Gasteiger partial charge in [-0.1, -0.05) is 37.3 Å². The maximum atomic E-state index is 12.3. The number of hydrogen-bond donors (Lipinski definition) is 2. The van der Waals surface area contributed by atoms with Crippen molar-refractivity contribution in [1.82, 2.24) is 0 Å². The standard InChI is InChI=1S/C20H23NO4/c1-15(12-13-25-18-8-3-2-4-9-18)20(24)21-17-7-5-6-16(14-17)10-11-19(22)23/h2-9,14-15H,10-13H2,1H3,(H,21,24)(H,22,23). The molecule has 0 aliphatic rings. The fourth-order valence-corrected chi connectivity index (χ4v) is 2.32. The summed E-state index contributed by atoms with van der Waals surface area (Å²) in [4.78, 5) is 22.9. The Morgan fingerprint density at radius 1 is 1.12 bits per heavy atom. The molecule has 0 aromatic heterocycles. The molecule has 132 valence electrons. The molecule has 0 saturated carbocycles. The third kappa shape index (κ3) is 6.67. The first kappa shape index (κ1) is 18.5. The van der Waals surface area contributed by atoms with E-state index in [4.69, 9.17) is 9.84 Å². The molecule has 0 aliphatic heterocycles. The Kier molecular flexibility index (Phi) is 7.01. The zero-order valence-electron chi connectivity index (χ0n) is 14.3. The van der Waals surface area contributed by atoms with E-state index in [1.54, 1.807) is 6.07 Å². The lowest BCUT2D eigenvalue weighted by atomic mass is 10.1. The number of rotatable bonds is 9. The summed E-state index contributed by atoms with van der Waals surface area (Å²) >= 11 is 0. The molecule has 1 unspecified atom stereocenters. The normalized spacial score (nSPS) is 11.6. The highest BCUT2D eigenvalue weighted by atomic mass is 16.5. The summed E-state index contributed by atoms with van der Waals surface area (Å²) in [6.45, 7) is 2.33. The van der Waals surface area contributed by atoms with Gasteiger partial charge in [-0.2, -0.15) is 0 Å². The highest BCUT2D eigenvalue weighted by Crippen LogP contribution is 2.15. The molecular formula is C20H23NO4. The highest BCUT2D eigenvalue weighted by molar-refractivity contribution is 5.92. The van der Waals surface area contributed by atoms with Gasteiger partial charge in [-0.3, -0.25) is 9.59 Å². The number of aryl methyl sites for hydroxylation is 1. The molecular weight excluding hydrogens is 318 g/mol. The van der Waals surface area contributed by atoms with Crippen LogP contribution in [0.15, 0.2) is 54.6 Å². The number of para-hydroxylation sites is 1. The van der Waals surface area contributed by atoms with Gasteiger partial charge in [-0.25, -0.2) is 0 Å². The van der Waals surface area contributed by atoms with E-state index in [-0.39, 0.29) is 18.2 Å². The maximum absolute atomic E-state index is 12.3. The number of hydrogen-bond acceptors (Lipinski definition) is 3. The predicted octanol–water partition coefficient (Wildman–Crippen LogP) is 3.75. The molecule has 0 saturated heterocycles. The van der Waals surface area contributed by atoms with Gasteiger partial charge in [0.1, 0.15) is 5.75 Å². The Balaban J connectivity index is 1.80. The van der Waals surface area contributed by atoms with Crippen LogP contribution in [-0.4, -0.2) is 23.6 Å². The van der Waals surface area contributed by atoms with E-state index >= 15 is 0 Å². The Hall–Kier alpha value is -2.82. The molecule has 2 N–H and O–H groups in total. The van der Waals surface area contributed by atoms with Crippen molar-refractivity contribution in [2.24, 2.45) is 5.92 Å². The molecule has 0 spiro atoms. The van der Waals surface area contributed by atoms with Crippen molar-refractivity contribution in [3.63, 3.8) is 0 Å². The van der Waals surface area contributed by atoms with Crippen molar-refractivity contribution in [3.05, 3.63) is 60.2 Å². The van der Waals surface area contributed by atoms with Crippen molar-refractivity contribution in [3.8, 4) is 5.75 Å². The summed E-state index contributed by atoms with van der Waals surface area (Å²) in [5, 5.41) is 11.6. The molecule has 5 heteroatoms. The summed E-state index contributed by atoms with van der Waals surface area (Å²) in [6.07, 6.45) is 1.13. The zero-order chi connectivity index (χ0) is 18.1. The second-order valence-electron chi connectivity index (χ2n) is 5.93. The number of ether oxygens (including phenoxy) is 1. The van der Waals surface area contributed by atoms with Crippen molar-refractivity contribution in [2.45, 2.75) is 26.2 Å². The molecule has 0 radical (unpaired) electrons. The van der Waals surface area contributed by atoms with Crippen LogP contribution in [0.2, 0.25) is 0 Å². The van der Waals surface area contributed by atoms with Gasteiger partial charge >= 0.3 is 5.97 Å². The molecule has 0 heterocycles.